The van der Waals surface area contributed by atoms with Gasteiger partial charge in [0.15, 0.2) is 0 Å². The number of aryl methyl sites for hydroxylation is 1. The summed E-state index contributed by atoms with van der Waals surface area (Å²) >= 11 is 0. The van der Waals surface area contributed by atoms with Crippen molar-refractivity contribution >= 4 is 21.4 Å². The van der Waals surface area contributed by atoms with Crippen molar-refractivity contribution in [3.05, 3.63) is 88.2 Å². The average molecular weight is 402 g/mol. The highest BCUT2D eigenvalue weighted by molar-refractivity contribution is 7.92. The molecule has 0 amide bonds. The first-order valence-electron chi connectivity index (χ1n) is 8.06. The molecule has 0 aliphatic heterocycles. The molecule has 144 valence electrons. The fraction of sp³-hybridized carbons (Fsp3) is 0.0526. The Kier molecular flexibility index (Phi) is 5.27. The molecular weight excluding hydrogens is 387 g/mol. The van der Waals surface area contributed by atoms with E-state index in [9.17, 15) is 22.9 Å². The number of hydrogen-bond donors (Lipinski definition) is 1. The van der Waals surface area contributed by atoms with Crippen molar-refractivity contribution in [2.24, 2.45) is 0 Å². The minimum atomic E-state index is -3.75. The van der Waals surface area contributed by atoms with Gasteiger partial charge in [0.05, 0.1) is 15.9 Å². The van der Waals surface area contributed by atoms with Gasteiger partial charge >= 0.3 is 5.69 Å². The van der Waals surface area contributed by atoms with E-state index >= 15 is 0 Å². The van der Waals surface area contributed by atoms with Crippen molar-refractivity contribution in [3.63, 3.8) is 0 Å². The van der Waals surface area contributed by atoms with Gasteiger partial charge in [-0.05, 0) is 55.5 Å². The van der Waals surface area contributed by atoms with Gasteiger partial charge in [-0.25, -0.2) is 12.8 Å². The molecule has 0 bridgehead atoms. The predicted molar refractivity (Wildman–Crippen MR) is 102 cm³/mol. The zero-order valence-corrected chi connectivity index (χ0v) is 15.4. The topological polar surface area (TPSA) is 98.5 Å². The largest absolute Gasteiger partial charge is 0.450 e. The molecule has 1 N–H and O–H groups in total. The molecule has 3 rings (SSSR count). The lowest BCUT2D eigenvalue weighted by atomic mass is 10.2. The summed E-state index contributed by atoms with van der Waals surface area (Å²) in [5, 5.41) is 11.0. The van der Waals surface area contributed by atoms with Crippen LogP contribution in [0.25, 0.3) is 0 Å². The number of ether oxygens (including phenoxy) is 1. The van der Waals surface area contributed by atoms with Crippen LogP contribution in [0.2, 0.25) is 0 Å². The van der Waals surface area contributed by atoms with E-state index in [1.807, 2.05) is 6.92 Å². The fourth-order valence-electron chi connectivity index (χ4n) is 2.37. The SMILES string of the molecule is Cc1ccc(S(=O)(=O)Nc2ccc(Oc3ccc(F)cc3[N+](=O)[O-])cc2)cc1. The van der Waals surface area contributed by atoms with E-state index in [0.29, 0.717) is 5.69 Å². The number of nitrogens with one attached hydrogen (secondary N) is 1. The Morgan fingerprint density at radius 2 is 1.64 bits per heavy atom. The maximum Gasteiger partial charge on any atom is 0.314 e. The lowest BCUT2D eigenvalue weighted by Gasteiger charge is -2.10. The molecule has 0 spiro atoms. The van der Waals surface area contributed by atoms with Gasteiger partial charge in [-0.1, -0.05) is 17.7 Å². The van der Waals surface area contributed by atoms with E-state index in [2.05, 4.69) is 4.72 Å². The molecule has 0 fully saturated rings. The van der Waals surface area contributed by atoms with Gasteiger partial charge in [-0.2, -0.15) is 0 Å². The normalized spacial score (nSPS) is 11.1. The Balaban J connectivity index is 1.77. The van der Waals surface area contributed by atoms with Crippen LogP contribution in [0.1, 0.15) is 5.56 Å². The van der Waals surface area contributed by atoms with Crippen molar-refractivity contribution in [2.45, 2.75) is 11.8 Å². The van der Waals surface area contributed by atoms with E-state index in [1.54, 1.807) is 12.1 Å². The minimum absolute atomic E-state index is 0.125. The Morgan fingerprint density at radius 3 is 2.25 bits per heavy atom. The zero-order valence-electron chi connectivity index (χ0n) is 14.6. The molecule has 0 aliphatic rings. The van der Waals surface area contributed by atoms with Crippen LogP contribution in [0.15, 0.2) is 71.6 Å². The molecule has 0 heterocycles. The Labute approximate surface area is 160 Å². The highest BCUT2D eigenvalue weighted by atomic mass is 32.2. The molecule has 9 heteroatoms. The van der Waals surface area contributed by atoms with Crippen molar-refractivity contribution in [3.8, 4) is 11.5 Å². The quantitative estimate of drug-likeness (QED) is 0.479. The van der Waals surface area contributed by atoms with Gasteiger partial charge in [0, 0.05) is 5.69 Å². The summed E-state index contributed by atoms with van der Waals surface area (Å²) in [5.74, 6) is -0.646. The molecule has 3 aromatic carbocycles. The first-order valence-corrected chi connectivity index (χ1v) is 9.54. The summed E-state index contributed by atoms with van der Waals surface area (Å²) in [6.07, 6.45) is 0. The first kappa shape index (κ1) is 19.3. The van der Waals surface area contributed by atoms with Crippen LogP contribution in [0.5, 0.6) is 11.5 Å². The van der Waals surface area contributed by atoms with Crippen LogP contribution in [0, 0.1) is 22.9 Å². The molecule has 28 heavy (non-hydrogen) atoms. The number of nitro benzene ring substituents is 1. The van der Waals surface area contributed by atoms with Gasteiger partial charge in [0.25, 0.3) is 10.0 Å². The molecule has 7 nitrogen and oxygen atoms in total. The highest BCUT2D eigenvalue weighted by Crippen LogP contribution is 2.32. The Bertz CT molecular complexity index is 1110. The molecule has 0 saturated heterocycles. The second-order valence-electron chi connectivity index (χ2n) is 5.91. The second kappa shape index (κ2) is 7.65. The van der Waals surface area contributed by atoms with Crippen LogP contribution in [0.4, 0.5) is 15.8 Å². The van der Waals surface area contributed by atoms with E-state index in [4.69, 9.17) is 4.74 Å². The third-order valence-corrected chi connectivity index (χ3v) is 5.18. The summed E-state index contributed by atoms with van der Waals surface area (Å²) in [4.78, 5) is 10.4. The summed E-state index contributed by atoms with van der Waals surface area (Å²) in [6, 6.07) is 15.2. The molecule has 0 aromatic heterocycles. The van der Waals surface area contributed by atoms with Gasteiger partial charge < -0.3 is 4.74 Å². The third kappa shape index (κ3) is 4.44. The van der Waals surface area contributed by atoms with Gasteiger partial charge in [0.1, 0.15) is 11.6 Å². The van der Waals surface area contributed by atoms with Crippen LogP contribution < -0.4 is 9.46 Å². The molecular formula is C19H15FN2O5S. The number of sulfonamides is 1. The minimum Gasteiger partial charge on any atom is -0.450 e. The van der Waals surface area contributed by atoms with E-state index in [1.165, 1.54) is 36.4 Å². The van der Waals surface area contributed by atoms with E-state index < -0.39 is 26.5 Å². The standard InChI is InChI=1S/C19H15FN2O5S/c1-13-2-9-17(10-3-13)28(25,26)21-15-5-7-16(8-6-15)27-19-11-4-14(20)12-18(19)22(23)24/h2-12,21H,1H3. The molecule has 0 saturated carbocycles. The zero-order chi connectivity index (χ0) is 20.3. The maximum absolute atomic E-state index is 13.2. The summed E-state index contributed by atoms with van der Waals surface area (Å²) in [7, 11) is -3.75. The van der Waals surface area contributed by atoms with Gasteiger partial charge in [0.2, 0.25) is 5.75 Å². The van der Waals surface area contributed by atoms with Crippen LogP contribution in [-0.4, -0.2) is 13.3 Å². The van der Waals surface area contributed by atoms with Gasteiger partial charge in [-0.15, -0.1) is 0 Å². The summed E-state index contributed by atoms with van der Waals surface area (Å²) in [5.41, 5.74) is 0.723. The lowest BCUT2D eigenvalue weighted by Crippen LogP contribution is -2.12. The number of nitro groups is 1. The van der Waals surface area contributed by atoms with E-state index in [-0.39, 0.29) is 16.4 Å². The van der Waals surface area contributed by atoms with Crippen LogP contribution in [-0.2, 0) is 10.0 Å². The number of benzene rings is 3. The van der Waals surface area contributed by atoms with Crippen LogP contribution in [0.3, 0.4) is 0 Å². The number of halogens is 1. The van der Waals surface area contributed by atoms with Crippen molar-refractivity contribution in [2.75, 3.05) is 4.72 Å². The predicted octanol–water partition coefficient (Wildman–Crippen LogP) is 4.64. The second-order valence-corrected chi connectivity index (χ2v) is 7.60. The van der Waals surface area contributed by atoms with Gasteiger partial charge in [-0.3, -0.25) is 14.8 Å². The molecule has 3 aromatic rings. The molecule has 0 unspecified atom stereocenters. The smallest absolute Gasteiger partial charge is 0.314 e. The molecule has 0 radical (unpaired) electrons. The first-order chi connectivity index (χ1) is 13.2. The monoisotopic (exact) mass is 402 g/mol. The number of rotatable bonds is 6. The fourth-order valence-corrected chi connectivity index (χ4v) is 3.43. The average Bonchev–Trinajstić information content (AvgIpc) is 2.64. The Hall–Kier alpha value is -3.46. The van der Waals surface area contributed by atoms with Crippen molar-refractivity contribution in [1.29, 1.82) is 0 Å². The summed E-state index contributed by atoms with van der Waals surface area (Å²) < 4.78 is 45.8. The maximum atomic E-state index is 13.2. The van der Waals surface area contributed by atoms with E-state index in [0.717, 1.165) is 23.8 Å². The molecule has 0 aliphatic carbocycles. The Morgan fingerprint density at radius 1 is 1.00 bits per heavy atom. The summed E-state index contributed by atoms with van der Waals surface area (Å²) in [6.45, 7) is 1.86. The number of anilines is 1. The highest BCUT2D eigenvalue weighted by Gasteiger charge is 2.17. The van der Waals surface area contributed by atoms with Crippen molar-refractivity contribution < 1.29 is 22.5 Å². The lowest BCUT2D eigenvalue weighted by molar-refractivity contribution is -0.385. The van der Waals surface area contributed by atoms with Crippen molar-refractivity contribution in [1.82, 2.24) is 0 Å². The molecule has 0 atom stereocenters. The van der Waals surface area contributed by atoms with Crippen LogP contribution >= 0.6 is 0 Å². The number of hydrogen-bond acceptors (Lipinski definition) is 5. The number of nitrogens with zero attached hydrogens (tertiary/aromatic N) is 1. The third-order valence-electron chi connectivity index (χ3n) is 3.78.